The zero-order valence-corrected chi connectivity index (χ0v) is 22.6. The Kier molecular flexibility index (Phi) is 8.30. The average Bonchev–Trinajstić information content (AvgIpc) is 3.55. The molecule has 206 valence electrons. The number of carbonyl (C=O) groups is 6. The topological polar surface area (TPSA) is 187 Å². The van der Waals surface area contributed by atoms with Crippen LogP contribution in [-0.2, 0) is 9.59 Å². The van der Waals surface area contributed by atoms with Gasteiger partial charge in [0.1, 0.15) is 11.5 Å². The molecule has 0 saturated heterocycles. The van der Waals surface area contributed by atoms with Crippen LogP contribution in [0, 0.1) is 0 Å². The third kappa shape index (κ3) is 5.87. The van der Waals surface area contributed by atoms with E-state index in [1.807, 2.05) is 0 Å². The number of aliphatic carboxylic acids is 2. The maximum absolute atomic E-state index is 13.4. The molecule has 2 aromatic carbocycles. The van der Waals surface area contributed by atoms with Crippen LogP contribution in [0.5, 0.6) is 11.5 Å². The molecule has 0 radical (unpaired) electrons. The zero-order chi connectivity index (χ0) is 29.1. The van der Waals surface area contributed by atoms with Crippen molar-refractivity contribution >= 4 is 78.2 Å². The number of hydrogen-bond donors (Lipinski definition) is 2. The minimum absolute atomic E-state index is 0.0461. The number of fused-ring (bicyclic) bond motifs is 2. The number of thiazole rings is 2. The van der Waals surface area contributed by atoms with E-state index in [-0.39, 0.29) is 58.3 Å². The number of ketones is 4. The highest BCUT2D eigenvalue weighted by atomic mass is 32.1. The predicted molar refractivity (Wildman–Crippen MR) is 143 cm³/mol. The molecule has 2 N–H and O–H groups in total. The molecule has 0 amide bonds. The summed E-state index contributed by atoms with van der Waals surface area (Å²) in [6.07, 6.45) is -1.16. The van der Waals surface area contributed by atoms with Gasteiger partial charge in [0.15, 0.2) is 21.6 Å². The summed E-state index contributed by atoms with van der Waals surface area (Å²) in [7, 11) is 2.61. The number of methoxy groups -OCH3 is 2. The summed E-state index contributed by atoms with van der Waals surface area (Å²) in [5.41, 5.74) is 0.523. The quantitative estimate of drug-likeness (QED) is 0.170. The Hall–Kier alpha value is -4.56. The van der Waals surface area contributed by atoms with Gasteiger partial charge in [0.05, 0.1) is 58.6 Å². The van der Waals surface area contributed by atoms with Crippen molar-refractivity contribution in [2.45, 2.75) is 25.7 Å². The van der Waals surface area contributed by atoms with Gasteiger partial charge < -0.3 is 19.7 Å². The molecule has 4 aromatic rings. The summed E-state index contributed by atoms with van der Waals surface area (Å²) in [6, 6.07) is 5.60. The van der Waals surface area contributed by atoms with Crippen LogP contribution in [0.15, 0.2) is 24.3 Å². The number of carboxylic acids is 2. The van der Waals surface area contributed by atoms with Gasteiger partial charge in [-0.25, -0.2) is 9.97 Å². The van der Waals surface area contributed by atoms with Crippen molar-refractivity contribution in [3.8, 4) is 11.5 Å². The second kappa shape index (κ2) is 11.7. The maximum atomic E-state index is 13.4. The van der Waals surface area contributed by atoms with E-state index in [1.54, 1.807) is 0 Å². The van der Waals surface area contributed by atoms with Gasteiger partial charge in [0.25, 0.3) is 0 Å². The largest absolute Gasteiger partial charge is 0.496 e. The fraction of sp³-hybridized carbons (Fsp3) is 0.231. The van der Waals surface area contributed by atoms with E-state index in [1.165, 1.54) is 38.5 Å². The first-order chi connectivity index (χ1) is 19.0. The van der Waals surface area contributed by atoms with Crippen molar-refractivity contribution in [3.05, 3.63) is 45.4 Å². The number of rotatable bonds is 13. The Bertz CT molecular complexity index is 1590. The van der Waals surface area contributed by atoms with Gasteiger partial charge in [0.2, 0.25) is 11.6 Å². The number of benzene rings is 2. The monoisotopic (exact) mass is 584 g/mol. The normalized spacial score (nSPS) is 10.9. The van der Waals surface area contributed by atoms with Gasteiger partial charge >= 0.3 is 11.9 Å². The standard InChI is InChI=1S/C26H20N2O10S2/c1-37-17-9-13-19(39-25(27-13)15(29)3-5-21(31)32)7-11(17)23(35)24(36)12-8-20-14(10-18(12)38-2)28-26(40-20)16(30)4-6-22(33)34/h7-10H,3-6H2,1-2H3,(H,31,32)(H,33,34). The molecule has 0 fully saturated rings. The predicted octanol–water partition coefficient (Wildman–Crippen LogP) is 4.08. The number of nitrogens with zero attached hydrogens (tertiary/aromatic N) is 2. The van der Waals surface area contributed by atoms with Gasteiger partial charge in [-0.05, 0) is 12.1 Å². The lowest BCUT2D eigenvalue weighted by molar-refractivity contribution is -0.137. The lowest BCUT2D eigenvalue weighted by Gasteiger charge is -2.10. The fourth-order valence-electron chi connectivity index (χ4n) is 3.74. The van der Waals surface area contributed by atoms with Crippen LogP contribution in [-0.4, -0.2) is 69.5 Å². The summed E-state index contributed by atoms with van der Waals surface area (Å²) in [4.78, 5) is 81.5. The molecule has 2 heterocycles. The minimum atomic E-state index is -1.12. The highest BCUT2D eigenvalue weighted by Gasteiger charge is 2.28. The highest BCUT2D eigenvalue weighted by Crippen LogP contribution is 2.34. The van der Waals surface area contributed by atoms with Crippen molar-refractivity contribution in [1.29, 1.82) is 0 Å². The van der Waals surface area contributed by atoms with E-state index in [4.69, 9.17) is 19.7 Å². The number of Topliss-reactive ketones (excluding diaryl/α,β-unsaturated/α-hetero) is 4. The molecule has 4 rings (SSSR count). The summed E-state index contributed by atoms with van der Waals surface area (Å²) in [5, 5.41) is 17.8. The molecule has 0 saturated carbocycles. The van der Waals surface area contributed by atoms with Crippen LogP contribution in [0.1, 0.15) is 66.0 Å². The van der Waals surface area contributed by atoms with E-state index in [9.17, 15) is 28.8 Å². The lowest BCUT2D eigenvalue weighted by atomic mass is 9.99. The first-order valence-electron chi connectivity index (χ1n) is 11.6. The van der Waals surface area contributed by atoms with E-state index in [0.717, 1.165) is 22.7 Å². The van der Waals surface area contributed by atoms with Gasteiger partial charge in [-0.3, -0.25) is 28.8 Å². The Balaban J connectivity index is 1.68. The van der Waals surface area contributed by atoms with Crippen LogP contribution in [0.3, 0.4) is 0 Å². The number of hydrogen-bond acceptors (Lipinski definition) is 12. The van der Waals surface area contributed by atoms with Gasteiger partial charge in [0, 0.05) is 25.0 Å². The molecule has 2 aromatic heterocycles. The number of ether oxygens (including phenoxy) is 2. The van der Waals surface area contributed by atoms with Gasteiger partial charge in [-0.2, -0.15) is 0 Å². The molecular formula is C26H20N2O10S2. The van der Waals surface area contributed by atoms with Crippen molar-refractivity contribution in [1.82, 2.24) is 9.97 Å². The molecule has 0 bridgehead atoms. The molecule has 14 heteroatoms. The Morgan fingerprint density at radius 2 is 1.02 bits per heavy atom. The van der Waals surface area contributed by atoms with Crippen molar-refractivity contribution < 1.29 is 48.5 Å². The molecule has 12 nitrogen and oxygen atoms in total. The molecule has 0 spiro atoms. The molecule has 0 atom stereocenters. The van der Waals surface area contributed by atoms with Gasteiger partial charge in [-0.1, -0.05) is 0 Å². The van der Waals surface area contributed by atoms with E-state index < -0.39 is 35.1 Å². The van der Waals surface area contributed by atoms with Crippen LogP contribution in [0.2, 0.25) is 0 Å². The molecular weight excluding hydrogens is 564 g/mol. The molecule has 0 aliphatic carbocycles. The van der Waals surface area contributed by atoms with Crippen LogP contribution >= 0.6 is 22.7 Å². The molecule has 0 unspecified atom stereocenters. The van der Waals surface area contributed by atoms with Crippen LogP contribution in [0.4, 0.5) is 0 Å². The lowest BCUT2D eigenvalue weighted by Crippen LogP contribution is -2.16. The van der Waals surface area contributed by atoms with Crippen LogP contribution in [0.25, 0.3) is 20.4 Å². The Morgan fingerprint density at radius 3 is 1.35 bits per heavy atom. The van der Waals surface area contributed by atoms with Crippen molar-refractivity contribution in [2.24, 2.45) is 0 Å². The zero-order valence-electron chi connectivity index (χ0n) is 21.0. The third-order valence-electron chi connectivity index (χ3n) is 5.72. The third-order valence-corrected chi connectivity index (χ3v) is 7.84. The second-order valence-corrected chi connectivity index (χ2v) is 10.4. The van der Waals surface area contributed by atoms with Crippen LogP contribution < -0.4 is 9.47 Å². The first kappa shape index (κ1) is 28.4. The minimum Gasteiger partial charge on any atom is -0.496 e. The SMILES string of the molecule is COc1cc2nc(C(=O)CCC(=O)O)sc2cc1C(=O)C(=O)c1cc2sc(C(=O)CCC(=O)O)nc2cc1OC. The molecule has 0 aliphatic rings. The van der Waals surface area contributed by atoms with E-state index >= 15 is 0 Å². The van der Waals surface area contributed by atoms with Gasteiger partial charge in [-0.15, -0.1) is 22.7 Å². The highest BCUT2D eigenvalue weighted by molar-refractivity contribution is 7.20. The van der Waals surface area contributed by atoms with Crippen molar-refractivity contribution in [2.75, 3.05) is 14.2 Å². The number of aromatic nitrogens is 2. The first-order valence-corrected chi connectivity index (χ1v) is 13.2. The summed E-state index contributed by atoms with van der Waals surface area (Å²) in [5.74, 6) is -4.91. The smallest absolute Gasteiger partial charge is 0.303 e. The number of carboxylic acid groups (broad SMARTS) is 2. The van der Waals surface area contributed by atoms with Crippen molar-refractivity contribution in [3.63, 3.8) is 0 Å². The molecule has 0 aliphatic heterocycles. The molecule has 40 heavy (non-hydrogen) atoms. The summed E-state index contributed by atoms with van der Waals surface area (Å²) >= 11 is 1.93. The maximum Gasteiger partial charge on any atom is 0.303 e. The Labute approximate surface area is 233 Å². The average molecular weight is 585 g/mol. The van der Waals surface area contributed by atoms with E-state index in [0.29, 0.717) is 20.4 Å². The fourth-order valence-corrected chi connectivity index (χ4v) is 5.65. The second-order valence-electron chi connectivity index (χ2n) is 8.37. The summed E-state index contributed by atoms with van der Waals surface area (Å²) < 4.78 is 11.5. The Morgan fingerprint density at radius 1 is 0.650 bits per heavy atom. The summed E-state index contributed by atoms with van der Waals surface area (Å²) in [6.45, 7) is 0. The van der Waals surface area contributed by atoms with E-state index in [2.05, 4.69) is 9.97 Å². The number of carbonyl (C=O) groups excluding carboxylic acids is 4.